The monoisotopic (exact) mass is 198 g/mol. The third kappa shape index (κ3) is 3.66. The van der Waals surface area contributed by atoms with Crippen LogP contribution in [0.3, 0.4) is 0 Å². The van der Waals surface area contributed by atoms with Crippen molar-refractivity contribution in [2.24, 2.45) is 5.73 Å². The normalized spacial score (nSPS) is 12.5. The highest BCUT2D eigenvalue weighted by Gasteiger charge is 1.98. The van der Waals surface area contributed by atoms with Gasteiger partial charge >= 0.3 is 0 Å². The Morgan fingerprint density at radius 1 is 1.54 bits per heavy atom. The lowest BCUT2D eigenvalue weighted by molar-refractivity contribution is 0.679. The fraction of sp³-hybridized carbons (Fsp3) is 0.400. The maximum atomic E-state index is 5.82. The number of benzene rings is 1. The van der Waals surface area contributed by atoms with Crippen LogP contribution in [0.15, 0.2) is 24.3 Å². The minimum Gasteiger partial charge on any atom is -0.383 e. The second-order valence-electron chi connectivity index (χ2n) is 3.06. The van der Waals surface area contributed by atoms with E-state index in [2.05, 4.69) is 12.2 Å². The molecule has 1 aromatic rings. The van der Waals surface area contributed by atoms with Crippen molar-refractivity contribution in [3.8, 4) is 0 Å². The highest BCUT2D eigenvalue weighted by Crippen LogP contribution is 2.14. The van der Waals surface area contributed by atoms with Crippen LogP contribution >= 0.6 is 11.6 Å². The molecule has 0 aliphatic carbocycles. The first kappa shape index (κ1) is 10.4. The van der Waals surface area contributed by atoms with E-state index in [-0.39, 0.29) is 6.04 Å². The SMILES string of the molecule is CCC(N)CNc1cccc(Cl)c1. The average Bonchev–Trinajstić information content (AvgIpc) is 2.14. The molecule has 0 heterocycles. The Hall–Kier alpha value is -0.730. The summed E-state index contributed by atoms with van der Waals surface area (Å²) in [6.07, 6.45) is 0.980. The third-order valence-corrected chi connectivity index (χ3v) is 2.15. The molecule has 0 aliphatic heterocycles. The number of halogens is 1. The van der Waals surface area contributed by atoms with E-state index in [1.165, 1.54) is 0 Å². The van der Waals surface area contributed by atoms with E-state index in [1.54, 1.807) is 0 Å². The predicted molar refractivity (Wildman–Crippen MR) is 58.2 cm³/mol. The Bertz CT molecular complexity index is 263. The van der Waals surface area contributed by atoms with Gasteiger partial charge in [-0.25, -0.2) is 0 Å². The van der Waals surface area contributed by atoms with Gasteiger partial charge in [0.1, 0.15) is 0 Å². The van der Waals surface area contributed by atoms with Gasteiger partial charge in [-0.15, -0.1) is 0 Å². The van der Waals surface area contributed by atoms with Crippen molar-refractivity contribution >= 4 is 17.3 Å². The molecule has 3 N–H and O–H groups in total. The summed E-state index contributed by atoms with van der Waals surface area (Å²) in [5, 5.41) is 3.97. The van der Waals surface area contributed by atoms with Crippen molar-refractivity contribution < 1.29 is 0 Å². The van der Waals surface area contributed by atoms with Crippen LogP contribution in [0.1, 0.15) is 13.3 Å². The quantitative estimate of drug-likeness (QED) is 0.780. The summed E-state index contributed by atoms with van der Waals surface area (Å²) in [6.45, 7) is 2.86. The Labute approximate surface area is 84.1 Å². The van der Waals surface area contributed by atoms with Crippen LogP contribution in [-0.2, 0) is 0 Å². The largest absolute Gasteiger partial charge is 0.383 e. The maximum Gasteiger partial charge on any atom is 0.0426 e. The van der Waals surface area contributed by atoms with Gasteiger partial charge in [-0.2, -0.15) is 0 Å². The van der Waals surface area contributed by atoms with Crippen molar-refractivity contribution in [2.45, 2.75) is 19.4 Å². The summed E-state index contributed by atoms with van der Waals surface area (Å²) in [4.78, 5) is 0. The van der Waals surface area contributed by atoms with Crippen molar-refractivity contribution in [3.05, 3.63) is 29.3 Å². The second-order valence-corrected chi connectivity index (χ2v) is 3.50. The maximum absolute atomic E-state index is 5.82. The van der Waals surface area contributed by atoms with E-state index in [9.17, 15) is 0 Å². The summed E-state index contributed by atoms with van der Waals surface area (Å²) < 4.78 is 0. The van der Waals surface area contributed by atoms with E-state index in [4.69, 9.17) is 17.3 Å². The minimum absolute atomic E-state index is 0.207. The molecule has 72 valence electrons. The number of rotatable bonds is 4. The Morgan fingerprint density at radius 2 is 2.31 bits per heavy atom. The summed E-state index contributed by atoms with van der Waals surface area (Å²) in [7, 11) is 0. The van der Waals surface area contributed by atoms with E-state index in [0.717, 1.165) is 23.7 Å². The topological polar surface area (TPSA) is 38.0 Å². The first-order valence-corrected chi connectivity index (χ1v) is 4.85. The summed E-state index contributed by atoms with van der Waals surface area (Å²) in [5.41, 5.74) is 6.79. The fourth-order valence-corrected chi connectivity index (χ4v) is 1.18. The first-order valence-electron chi connectivity index (χ1n) is 4.47. The fourth-order valence-electron chi connectivity index (χ4n) is 0.992. The highest BCUT2D eigenvalue weighted by atomic mass is 35.5. The van der Waals surface area contributed by atoms with Crippen LogP contribution in [0.4, 0.5) is 5.69 Å². The van der Waals surface area contributed by atoms with Gasteiger partial charge in [0, 0.05) is 23.3 Å². The predicted octanol–water partition coefficient (Wildman–Crippen LogP) is 2.49. The number of nitrogens with two attached hydrogens (primary N) is 1. The summed E-state index contributed by atoms with van der Waals surface area (Å²) >= 11 is 5.82. The van der Waals surface area contributed by atoms with Crippen LogP contribution in [0.2, 0.25) is 5.02 Å². The lowest BCUT2D eigenvalue weighted by Crippen LogP contribution is -2.27. The molecular formula is C10H15ClN2. The van der Waals surface area contributed by atoms with Crippen LogP contribution < -0.4 is 11.1 Å². The van der Waals surface area contributed by atoms with Crippen molar-refractivity contribution in [3.63, 3.8) is 0 Å². The molecule has 2 nitrogen and oxygen atoms in total. The Kier molecular flexibility index (Phi) is 4.06. The van der Waals surface area contributed by atoms with E-state index < -0.39 is 0 Å². The van der Waals surface area contributed by atoms with Crippen LogP contribution in [0, 0.1) is 0 Å². The molecule has 13 heavy (non-hydrogen) atoms. The molecule has 1 aromatic carbocycles. The molecule has 1 atom stereocenters. The molecule has 0 saturated heterocycles. The molecule has 1 unspecified atom stereocenters. The summed E-state index contributed by atoms with van der Waals surface area (Å²) in [5.74, 6) is 0. The van der Waals surface area contributed by atoms with Gasteiger partial charge in [0.05, 0.1) is 0 Å². The molecule has 0 radical (unpaired) electrons. The van der Waals surface area contributed by atoms with Gasteiger partial charge in [0.15, 0.2) is 0 Å². The zero-order valence-electron chi connectivity index (χ0n) is 7.76. The Morgan fingerprint density at radius 3 is 2.92 bits per heavy atom. The van der Waals surface area contributed by atoms with Crippen LogP contribution in [-0.4, -0.2) is 12.6 Å². The smallest absolute Gasteiger partial charge is 0.0426 e. The highest BCUT2D eigenvalue weighted by molar-refractivity contribution is 6.30. The minimum atomic E-state index is 0.207. The lowest BCUT2D eigenvalue weighted by Gasteiger charge is -2.11. The van der Waals surface area contributed by atoms with Gasteiger partial charge in [-0.05, 0) is 24.6 Å². The zero-order valence-corrected chi connectivity index (χ0v) is 8.51. The number of hydrogen-bond acceptors (Lipinski definition) is 2. The van der Waals surface area contributed by atoms with Gasteiger partial charge in [-0.1, -0.05) is 24.6 Å². The molecule has 0 spiro atoms. The van der Waals surface area contributed by atoms with Crippen LogP contribution in [0.25, 0.3) is 0 Å². The number of nitrogens with one attached hydrogen (secondary N) is 1. The molecular weight excluding hydrogens is 184 g/mol. The van der Waals surface area contributed by atoms with E-state index in [1.807, 2.05) is 24.3 Å². The zero-order chi connectivity index (χ0) is 9.68. The molecule has 0 aliphatic rings. The van der Waals surface area contributed by atoms with Gasteiger partial charge < -0.3 is 11.1 Å². The van der Waals surface area contributed by atoms with E-state index in [0.29, 0.717) is 0 Å². The Balaban J connectivity index is 2.45. The molecule has 0 saturated carbocycles. The first-order chi connectivity index (χ1) is 6.22. The standard InChI is InChI=1S/C10H15ClN2/c1-2-9(12)7-13-10-5-3-4-8(11)6-10/h3-6,9,13H,2,7,12H2,1H3. The molecule has 0 fully saturated rings. The molecule has 0 bridgehead atoms. The van der Waals surface area contributed by atoms with Crippen LogP contribution in [0.5, 0.6) is 0 Å². The summed E-state index contributed by atoms with van der Waals surface area (Å²) in [6, 6.07) is 7.85. The van der Waals surface area contributed by atoms with Gasteiger partial charge in [-0.3, -0.25) is 0 Å². The second kappa shape index (κ2) is 5.10. The molecule has 0 amide bonds. The third-order valence-electron chi connectivity index (χ3n) is 1.92. The van der Waals surface area contributed by atoms with Gasteiger partial charge in [0.25, 0.3) is 0 Å². The lowest BCUT2D eigenvalue weighted by atomic mass is 10.2. The molecule has 3 heteroatoms. The number of anilines is 1. The molecule has 1 rings (SSSR count). The van der Waals surface area contributed by atoms with Crippen molar-refractivity contribution in [1.29, 1.82) is 0 Å². The van der Waals surface area contributed by atoms with Crippen molar-refractivity contribution in [1.82, 2.24) is 0 Å². The number of hydrogen-bond donors (Lipinski definition) is 2. The van der Waals surface area contributed by atoms with Crippen molar-refractivity contribution in [2.75, 3.05) is 11.9 Å². The average molecular weight is 199 g/mol. The van der Waals surface area contributed by atoms with E-state index >= 15 is 0 Å². The molecule has 0 aromatic heterocycles. The van der Waals surface area contributed by atoms with Gasteiger partial charge in [0.2, 0.25) is 0 Å².